The summed E-state index contributed by atoms with van der Waals surface area (Å²) in [5, 5.41) is 9.11. The SMILES string of the molecule is COc1cc(C#N)cc(Cl)c1OCc1ccccc1F. The number of hydrogen-bond donors (Lipinski definition) is 0. The van der Waals surface area contributed by atoms with Crippen LogP contribution in [0.1, 0.15) is 11.1 Å². The maximum absolute atomic E-state index is 13.5. The molecule has 0 spiro atoms. The highest BCUT2D eigenvalue weighted by molar-refractivity contribution is 6.32. The Hall–Kier alpha value is -2.25. The number of nitriles is 1. The van der Waals surface area contributed by atoms with Crippen molar-refractivity contribution in [1.82, 2.24) is 0 Å². The van der Waals surface area contributed by atoms with Crippen LogP contribution in [0.4, 0.5) is 4.39 Å². The zero-order chi connectivity index (χ0) is 14.5. The van der Waals surface area contributed by atoms with Gasteiger partial charge in [0.1, 0.15) is 12.4 Å². The average molecular weight is 292 g/mol. The van der Waals surface area contributed by atoms with Crippen LogP contribution in [-0.2, 0) is 6.61 Å². The van der Waals surface area contributed by atoms with Gasteiger partial charge < -0.3 is 9.47 Å². The molecule has 0 unspecified atom stereocenters. The van der Waals surface area contributed by atoms with Crippen LogP contribution in [0.2, 0.25) is 5.02 Å². The van der Waals surface area contributed by atoms with Gasteiger partial charge in [-0.15, -0.1) is 0 Å². The molecule has 20 heavy (non-hydrogen) atoms. The van der Waals surface area contributed by atoms with Crippen LogP contribution in [0.5, 0.6) is 11.5 Å². The molecule has 0 aliphatic carbocycles. The molecule has 0 heterocycles. The monoisotopic (exact) mass is 291 g/mol. The third-order valence-electron chi connectivity index (χ3n) is 2.69. The van der Waals surface area contributed by atoms with Gasteiger partial charge in [-0.05, 0) is 12.1 Å². The predicted octanol–water partition coefficient (Wildman–Crippen LogP) is 3.94. The van der Waals surface area contributed by atoms with Gasteiger partial charge in [-0.2, -0.15) is 5.26 Å². The number of benzene rings is 2. The first-order chi connectivity index (χ1) is 9.65. The molecule has 0 radical (unpaired) electrons. The first-order valence-corrected chi connectivity index (χ1v) is 6.17. The molecular weight excluding hydrogens is 281 g/mol. The van der Waals surface area contributed by atoms with Gasteiger partial charge in [0.2, 0.25) is 0 Å². The van der Waals surface area contributed by atoms with E-state index in [4.69, 9.17) is 26.3 Å². The van der Waals surface area contributed by atoms with Gasteiger partial charge in [-0.3, -0.25) is 0 Å². The fraction of sp³-hybridized carbons (Fsp3) is 0.133. The standard InChI is InChI=1S/C15H11ClFNO2/c1-19-14-7-10(8-18)6-12(16)15(14)20-9-11-4-2-3-5-13(11)17/h2-7H,9H2,1H3. The van der Waals surface area contributed by atoms with Crippen molar-refractivity contribution in [2.75, 3.05) is 7.11 Å². The van der Waals surface area contributed by atoms with E-state index in [2.05, 4.69) is 0 Å². The Kier molecular flexibility index (Phi) is 4.44. The van der Waals surface area contributed by atoms with E-state index in [9.17, 15) is 4.39 Å². The van der Waals surface area contributed by atoms with Gasteiger partial charge in [0.15, 0.2) is 11.5 Å². The van der Waals surface area contributed by atoms with E-state index >= 15 is 0 Å². The molecule has 3 nitrogen and oxygen atoms in total. The molecule has 2 aromatic carbocycles. The highest BCUT2D eigenvalue weighted by atomic mass is 35.5. The van der Waals surface area contributed by atoms with E-state index in [-0.39, 0.29) is 23.2 Å². The molecule has 102 valence electrons. The van der Waals surface area contributed by atoms with Crippen molar-refractivity contribution in [1.29, 1.82) is 5.26 Å². The minimum Gasteiger partial charge on any atom is -0.493 e. The highest BCUT2D eigenvalue weighted by Gasteiger charge is 2.13. The second kappa shape index (κ2) is 6.27. The van der Waals surface area contributed by atoms with Crippen molar-refractivity contribution in [2.45, 2.75) is 6.61 Å². The lowest BCUT2D eigenvalue weighted by atomic mass is 10.2. The molecule has 0 saturated heterocycles. The number of halogens is 2. The number of hydrogen-bond acceptors (Lipinski definition) is 3. The first kappa shape index (κ1) is 14.2. The maximum Gasteiger partial charge on any atom is 0.180 e. The minimum absolute atomic E-state index is 0.0225. The second-order valence-electron chi connectivity index (χ2n) is 3.98. The third-order valence-corrected chi connectivity index (χ3v) is 2.97. The molecule has 2 aromatic rings. The van der Waals surface area contributed by atoms with Crippen LogP contribution < -0.4 is 9.47 Å². The van der Waals surface area contributed by atoms with Crippen molar-refractivity contribution in [2.24, 2.45) is 0 Å². The van der Waals surface area contributed by atoms with Gasteiger partial charge in [-0.1, -0.05) is 29.8 Å². The van der Waals surface area contributed by atoms with Gasteiger partial charge in [0.25, 0.3) is 0 Å². The van der Waals surface area contributed by atoms with Gasteiger partial charge >= 0.3 is 0 Å². The van der Waals surface area contributed by atoms with Crippen molar-refractivity contribution in [3.8, 4) is 17.6 Å². The average Bonchev–Trinajstić information content (AvgIpc) is 2.46. The molecule has 0 bridgehead atoms. The van der Waals surface area contributed by atoms with Gasteiger partial charge in [-0.25, -0.2) is 4.39 Å². The van der Waals surface area contributed by atoms with E-state index in [0.717, 1.165) is 0 Å². The second-order valence-corrected chi connectivity index (χ2v) is 4.39. The lowest BCUT2D eigenvalue weighted by molar-refractivity contribution is 0.280. The molecule has 0 aliphatic heterocycles. The topological polar surface area (TPSA) is 42.2 Å². The predicted molar refractivity (Wildman–Crippen MR) is 73.5 cm³/mol. The molecule has 5 heteroatoms. The Balaban J connectivity index is 2.26. The van der Waals surface area contributed by atoms with Crippen molar-refractivity contribution in [3.63, 3.8) is 0 Å². The van der Waals surface area contributed by atoms with E-state index in [0.29, 0.717) is 16.9 Å². The van der Waals surface area contributed by atoms with Crippen LogP contribution >= 0.6 is 11.6 Å². The highest BCUT2D eigenvalue weighted by Crippen LogP contribution is 2.36. The molecular formula is C15H11ClFNO2. The summed E-state index contributed by atoms with van der Waals surface area (Å²) in [6.07, 6.45) is 0. The molecule has 0 aliphatic rings. The molecule has 0 saturated carbocycles. The smallest absolute Gasteiger partial charge is 0.180 e. The van der Waals surface area contributed by atoms with Crippen molar-refractivity contribution < 1.29 is 13.9 Å². The summed E-state index contributed by atoms with van der Waals surface area (Å²) in [5.41, 5.74) is 0.778. The van der Waals surface area contributed by atoms with Gasteiger partial charge in [0.05, 0.1) is 23.8 Å². The number of nitrogens with zero attached hydrogens (tertiary/aromatic N) is 1. The van der Waals surface area contributed by atoms with E-state index < -0.39 is 0 Å². The summed E-state index contributed by atoms with van der Waals surface area (Å²) in [5.74, 6) is 0.276. The summed E-state index contributed by atoms with van der Waals surface area (Å²) in [4.78, 5) is 0. The Bertz CT molecular complexity index is 667. The largest absolute Gasteiger partial charge is 0.493 e. The summed E-state index contributed by atoms with van der Waals surface area (Å²) < 4.78 is 24.2. The van der Waals surface area contributed by atoms with Crippen molar-refractivity contribution >= 4 is 11.6 Å². The van der Waals surface area contributed by atoms with Crippen LogP contribution in [0, 0.1) is 17.1 Å². The van der Waals surface area contributed by atoms with Gasteiger partial charge in [0, 0.05) is 11.6 Å². The van der Waals surface area contributed by atoms with Crippen LogP contribution in [-0.4, -0.2) is 7.11 Å². The van der Waals surface area contributed by atoms with E-state index in [1.54, 1.807) is 18.2 Å². The summed E-state index contributed by atoms with van der Waals surface area (Å²) >= 11 is 6.05. The number of ether oxygens (including phenoxy) is 2. The van der Waals surface area contributed by atoms with Crippen LogP contribution in [0.3, 0.4) is 0 Å². The van der Waals surface area contributed by atoms with Crippen molar-refractivity contribution in [3.05, 3.63) is 58.4 Å². The molecule has 0 amide bonds. The lowest BCUT2D eigenvalue weighted by Gasteiger charge is -2.13. The summed E-state index contributed by atoms with van der Waals surface area (Å²) in [6.45, 7) is 0.0225. The normalized spacial score (nSPS) is 9.90. The third kappa shape index (κ3) is 3.01. The number of rotatable bonds is 4. The Morgan fingerprint density at radius 2 is 2.05 bits per heavy atom. The molecule has 2 rings (SSSR count). The molecule has 0 fully saturated rings. The lowest BCUT2D eigenvalue weighted by Crippen LogP contribution is -2.01. The molecule has 0 atom stereocenters. The van der Waals surface area contributed by atoms with Crippen LogP contribution in [0.15, 0.2) is 36.4 Å². The summed E-state index contributed by atoms with van der Waals surface area (Å²) in [6, 6.07) is 11.3. The quantitative estimate of drug-likeness (QED) is 0.857. The Labute approximate surface area is 121 Å². The minimum atomic E-state index is -0.351. The first-order valence-electron chi connectivity index (χ1n) is 5.79. The molecule has 0 aromatic heterocycles. The zero-order valence-corrected chi connectivity index (χ0v) is 11.4. The summed E-state index contributed by atoms with van der Waals surface area (Å²) in [7, 11) is 1.45. The maximum atomic E-state index is 13.5. The van der Waals surface area contributed by atoms with E-state index in [1.807, 2.05) is 6.07 Å². The van der Waals surface area contributed by atoms with Crippen LogP contribution in [0.25, 0.3) is 0 Å². The zero-order valence-electron chi connectivity index (χ0n) is 10.7. The fourth-order valence-electron chi connectivity index (χ4n) is 1.69. The Morgan fingerprint density at radius 1 is 1.30 bits per heavy atom. The Morgan fingerprint density at radius 3 is 2.70 bits per heavy atom. The number of methoxy groups -OCH3 is 1. The fourth-order valence-corrected chi connectivity index (χ4v) is 1.96. The van der Waals surface area contributed by atoms with E-state index in [1.165, 1.54) is 25.3 Å². The molecule has 0 N–H and O–H groups in total.